The molecule has 0 fully saturated rings. The van der Waals surface area contributed by atoms with Gasteiger partial charge in [0.05, 0.1) is 10.4 Å². The summed E-state index contributed by atoms with van der Waals surface area (Å²) in [6.07, 6.45) is -2.52. The average Bonchev–Trinajstić information content (AvgIpc) is 2.49. The predicted molar refractivity (Wildman–Crippen MR) is 49.0 cm³/mol. The number of fused-ring (bicyclic) bond motifs is 1. The van der Waals surface area contributed by atoms with Crippen molar-refractivity contribution < 1.29 is 8.78 Å². The second-order valence-corrected chi connectivity index (χ2v) is 3.61. The van der Waals surface area contributed by atoms with Crippen LogP contribution in [0.5, 0.6) is 0 Å². The van der Waals surface area contributed by atoms with Crippen LogP contribution in [0.3, 0.4) is 0 Å². The van der Waals surface area contributed by atoms with Crippen LogP contribution in [-0.4, -0.2) is 4.98 Å². The highest BCUT2D eigenvalue weighted by Gasteiger charge is 2.13. The van der Waals surface area contributed by atoms with Gasteiger partial charge in [0.1, 0.15) is 5.52 Å². The maximum absolute atomic E-state index is 12.2. The topological polar surface area (TPSA) is 38.9 Å². The van der Waals surface area contributed by atoms with Crippen LogP contribution >= 0.6 is 11.3 Å². The van der Waals surface area contributed by atoms with Crippen LogP contribution in [0.2, 0.25) is 0 Å². The summed E-state index contributed by atoms with van der Waals surface area (Å²) in [5, 5.41) is -0.173. The van der Waals surface area contributed by atoms with Crippen molar-refractivity contribution in [3.63, 3.8) is 0 Å². The molecule has 0 aliphatic heterocycles. The highest BCUT2D eigenvalue weighted by atomic mass is 32.1. The number of aromatic nitrogens is 1. The Hall–Kier alpha value is -1.23. The van der Waals surface area contributed by atoms with Gasteiger partial charge in [0.15, 0.2) is 5.01 Å². The van der Waals surface area contributed by atoms with Crippen LogP contribution in [0.1, 0.15) is 11.4 Å². The number of para-hydroxylation sites is 1. The van der Waals surface area contributed by atoms with Gasteiger partial charge in [-0.1, -0.05) is 6.07 Å². The van der Waals surface area contributed by atoms with Gasteiger partial charge in [0.2, 0.25) is 0 Å². The average molecular weight is 200 g/mol. The normalized spacial score (nSPS) is 11.3. The molecule has 1 aromatic carbocycles. The Morgan fingerprint density at radius 1 is 1.38 bits per heavy atom. The van der Waals surface area contributed by atoms with Crippen LogP contribution < -0.4 is 5.73 Å². The molecular formula is C8H6F2N2S. The lowest BCUT2D eigenvalue weighted by molar-refractivity contribution is 0.151. The molecule has 0 saturated carbocycles. The fourth-order valence-electron chi connectivity index (χ4n) is 1.08. The van der Waals surface area contributed by atoms with E-state index in [1.807, 2.05) is 0 Å². The van der Waals surface area contributed by atoms with Crippen LogP contribution in [0.4, 0.5) is 14.5 Å². The number of nitrogen functional groups attached to an aromatic ring is 1. The second-order valence-electron chi connectivity index (χ2n) is 2.55. The van der Waals surface area contributed by atoms with Crippen LogP contribution in [0.15, 0.2) is 18.2 Å². The van der Waals surface area contributed by atoms with E-state index in [-0.39, 0.29) is 5.01 Å². The predicted octanol–water partition coefficient (Wildman–Crippen LogP) is 2.82. The third-order valence-corrected chi connectivity index (χ3v) is 2.68. The lowest BCUT2D eigenvalue weighted by Crippen LogP contribution is -1.86. The van der Waals surface area contributed by atoms with E-state index in [2.05, 4.69) is 4.98 Å². The van der Waals surface area contributed by atoms with Gasteiger partial charge in [-0.05, 0) is 12.1 Å². The number of nitrogens with zero attached hydrogens (tertiary/aromatic N) is 1. The molecule has 13 heavy (non-hydrogen) atoms. The summed E-state index contributed by atoms with van der Waals surface area (Å²) in [7, 11) is 0. The van der Waals surface area contributed by atoms with E-state index in [0.29, 0.717) is 15.9 Å². The van der Waals surface area contributed by atoms with Crippen molar-refractivity contribution in [2.24, 2.45) is 0 Å². The van der Waals surface area contributed by atoms with Crippen LogP contribution in [0, 0.1) is 0 Å². The van der Waals surface area contributed by atoms with Crippen molar-refractivity contribution in [2.45, 2.75) is 6.43 Å². The van der Waals surface area contributed by atoms with Gasteiger partial charge >= 0.3 is 0 Å². The lowest BCUT2D eigenvalue weighted by atomic mass is 10.3. The van der Waals surface area contributed by atoms with Gasteiger partial charge < -0.3 is 5.73 Å². The van der Waals surface area contributed by atoms with Gasteiger partial charge in [-0.3, -0.25) is 0 Å². The summed E-state index contributed by atoms with van der Waals surface area (Å²) < 4.78 is 25.2. The van der Waals surface area contributed by atoms with Gasteiger partial charge in [0.25, 0.3) is 6.43 Å². The molecule has 68 valence electrons. The van der Waals surface area contributed by atoms with Crippen molar-refractivity contribution in [3.05, 3.63) is 23.2 Å². The minimum atomic E-state index is -2.52. The lowest BCUT2D eigenvalue weighted by Gasteiger charge is -1.91. The molecule has 1 aromatic heterocycles. The summed E-state index contributed by atoms with van der Waals surface area (Å²) in [5.74, 6) is 0. The van der Waals surface area contributed by atoms with Gasteiger partial charge in [-0.25, -0.2) is 13.8 Å². The third kappa shape index (κ3) is 1.35. The van der Waals surface area contributed by atoms with E-state index in [9.17, 15) is 8.78 Å². The van der Waals surface area contributed by atoms with E-state index in [1.54, 1.807) is 18.2 Å². The van der Waals surface area contributed by atoms with Crippen molar-refractivity contribution in [2.75, 3.05) is 5.73 Å². The van der Waals surface area contributed by atoms with Crippen molar-refractivity contribution in [1.82, 2.24) is 4.98 Å². The monoisotopic (exact) mass is 200 g/mol. The van der Waals surface area contributed by atoms with Crippen LogP contribution in [0.25, 0.3) is 10.2 Å². The summed E-state index contributed by atoms with van der Waals surface area (Å²) >= 11 is 0.978. The number of hydrogen-bond donors (Lipinski definition) is 1. The molecule has 2 aromatic rings. The van der Waals surface area contributed by atoms with Gasteiger partial charge in [0, 0.05) is 0 Å². The molecule has 1 heterocycles. The quantitative estimate of drug-likeness (QED) is 0.719. The van der Waals surface area contributed by atoms with E-state index >= 15 is 0 Å². The maximum atomic E-state index is 12.2. The Kier molecular flexibility index (Phi) is 1.88. The third-order valence-electron chi connectivity index (χ3n) is 1.65. The summed E-state index contributed by atoms with van der Waals surface area (Å²) in [4.78, 5) is 3.76. The fourth-order valence-corrected chi connectivity index (χ4v) is 1.94. The van der Waals surface area contributed by atoms with Crippen LogP contribution in [-0.2, 0) is 0 Å². The Balaban J connectivity index is 2.68. The van der Waals surface area contributed by atoms with E-state index in [0.717, 1.165) is 11.3 Å². The molecule has 5 heteroatoms. The molecule has 0 radical (unpaired) electrons. The Labute approximate surface area is 77.0 Å². The smallest absolute Gasteiger partial charge is 0.289 e. The molecule has 0 amide bonds. The zero-order valence-corrected chi connectivity index (χ0v) is 7.31. The molecule has 0 aliphatic carbocycles. The molecule has 2 N–H and O–H groups in total. The highest BCUT2D eigenvalue weighted by molar-refractivity contribution is 7.18. The standard InChI is InChI=1S/C8H6F2N2S/c9-7(10)8-12-6-4(11)2-1-3-5(6)13-8/h1-3,7H,11H2. The minimum absolute atomic E-state index is 0.173. The molecule has 0 bridgehead atoms. The van der Waals surface area contributed by atoms with Crippen molar-refractivity contribution in [3.8, 4) is 0 Å². The van der Waals surface area contributed by atoms with Crippen molar-refractivity contribution in [1.29, 1.82) is 0 Å². The zero-order valence-electron chi connectivity index (χ0n) is 6.50. The number of hydrogen-bond acceptors (Lipinski definition) is 3. The van der Waals surface area contributed by atoms with Gasteiger partial charge in [-0.2, -0.15) is 0 Å². The molecule has 0 atom stereocenters. The molecule has 0 aliphatic rings. The Morgan fingerprint density at radius 3 is 2.77 bits per heavy atom. The number of benzene rings is 1. The SMILES string of the molecule is Nc1cccc2sc(C(F)F)nc12. The first-order valence-electron chi connectivity index (χ1n) is 3.61. The number of rotatable bonds is 1. The second kappa shape index (κ2) is 2.92. The first kappa shape index (κ1) is 8.37. The number of anilines is 1. The van der Waals surface area contributed by atoms with E-state index in [1.165, 1.54) is 0 Å². The summed E-state index contributed by atoms with van der Waals surface area (Å²) in [5.41, 5.74) is 6.49. The molecule has 0 spiro atoms. The number of nitrogens with two attached hydrogens (primary N) is 1. The first-order valence-corrected chi connectivity index (χ1v) is 4.43. The largest absolute Gasteiger partial charge is 0.397 e. The molecule has 2 rings (SSSR count). The minimum Gasteiger partial charge on any atom is -0.397 e. The van der Waals surface area contributed by atoms with E-state index in [4.69, 9.17) is 5.73 Å². The zero-order chi connectivity index (χ0) is 9.42. The molecular weight excluding hydrogens is 194 g/mol. The summed E-state index contributed by atoms with van der Waals surface area (Å²) in [6, 6.07) is 5.11. The molecule has 0 saturated heterocycles. The van der Waals surface area contributed by atoms with Crippen molar-refractivity contribution >= 4 is 27.2 Å². The highest BCUT2D eigenvalue weighted by Crippen LogP contribution is 2.31. The molecule has 0 unspecified atom stereocenters. The Morgan fingerprint density at radius 2 is 2.15 bits per heavy atom. The van der Waals surface area contributed by atoms with E-state index < -0.39 is 6.43 Å². The summed E-state index contributed by atoms with van der Waals surface area (Å²) in [6.45, 7) is 0. The number of halogens is 2. The maximum Gasteiger partial charge on any atom is 0.289 e. The fraction of sp³-hybridized carbons (Fsp3) is 0.125. The van der Waals surface area contributed by atoms with Gasteiger partial charge in [-0.15, -0.1) is 11.3 Å². The Bertz CT molecular complexity index is 439. The first-order chi connectivity index (χ1) is 6.18. The molecule has 2 nitrogen and oxygen atoms in total. The number of thiazole rings is 1. The number of alkyl halides is 2.